The smallest absolute Gasteiger partial charge is 0.351 e. The quantitative estimate of drug-likeness (QED) is 0.513. The van der Waals surface area contributed by atoms with Crippen molar-refractivity contribution >= 4 is 40.1 Å². The van der Waals surface area contributed by atoms with Crippen LogP contribution in [0.25, 0.3) is 5.70 Å². The van der Waals surface area contributed by atoms with Gasteiger partial charge in [0.25, 0.3) is 0 Å². The number of benzene rings is 2. The predicted octanol–water partition coefficient (Wildman–Crippen LogP) is 5.46. The highest BCUT2D eigenvalue weighted by molar-refractivity contribution is 14.1. The molecule has 6 nitrogen and oxygen atoms in total. The number of carbonyl (C=O) groups excluding carboxylic acids is 1. The zero-order valence-corrected chi connectivity index (χ0v) is 20.2. The fraction of sp³-hybridized carbons (Fsp3) is 0.375. The molecule has 2 aliphatic heterocycles. The van der Waals surface area contributed by atoms with Crippen molar-refractivity contribution in [1.82, 2.24) is 10.5 Å². The molecule has 2 heterocycles. The van der Waals surface area contributed by atoms with Gasteiger partial charge in [-0.25, -0.2) is 4.79 Å². The van der Waals surface area contributed by atoms with Crippen molar-refractivity contribution in [3.63, 3.8) is 0 Å². The van der Waals surface area contributed by atoms with E-state index in [1.165, 1.54) is 5.56 Å². The molecule has 2 N–H and O–H groups in total. The monoisotopic (exact) mass is 533 g/mol. The van der Waals surface area contributed by atoms with Crippen molar-refractivity contribution in [3.05, 3.63) is 69.3 Å². The summed E-state index contributed by atoms with van der Waals surface area (Å²) in [4.78, 5) is 23.6. The maximum Gasteiger partial charge on any atom is 0.430 e. The van der Waals surface area contributed by atoms with E-state index in [-0.39, 0.29) is 11.0 Å². The van der Waals surface area contributed by atoms with Crippen LogP contribution in [0.15, 0.2) is 54.6 Å². The summed E-state index contributed by atoms with van der Waals surface area (Å²) in [5.74, 6) is 0. The van der Waals surface area contributed by atoms with Crippen molar-refractivity contribution in [2.45, 2.75) is 44.6 Å². The molecule has 2 aromatic rings. The van der Waals surface area contributed by atoms with Gasteiger partial charge in [-0.1, -0.05) is 45.0 Å². The van der Waals surface area contributed by atoms with E-state index in [9.17, 15) is 4.79 Å². The molecule has 4 rings (SSSR count). The highest BCUT2D eigenvalue weighted by Gasteiger charge is 2.39. The Bertz CT molecular complexity index is 957. The fourth-order valence-electron chi connectivity index (χ4n) is 3.76. The molecule has 0 bridgehead atoms. The zero-order chi connectivity index (χ0) is 22.1. The summed E-state index contributed by atoms with van der Waals surface area (Å²) in [6.45, 7) is 7.85. The van der Waals surface area contributed by atoms with Gasteiger partial charge in [0.05, 0.1) is 5.70 Å². The van der Waals surface area contributed by atoms with Crippen LogP contribution >= 0.6 is 22.6 Å². The van der Waals surface area contributed by atoms with Gasteiger partial charge in [0.15, 0.2) is 0 Å². The second-order valence-electron chi connectivity index (χ2n) is 9.09. The fourth-order valence-corrected chi connectivity index (χ4v) is 4.12. The average Bonchev–Trinajstić information content (AvgIpc) is 3.15. The molecule has 31 heavy (non-hydrogen) atoms. The highest BCUT2D eigenvalue weighted by atomic mass is 127. The van der Waals surface area contributed by atoms with E-state index >= 15 is 0 Å². The number of carbonyl (C=O) groups is 1. The van der Waals surface area contributed by atoms with Crippen molar-refractivity contribution in [2.24, 2.45) is 0 Å². The van der Waals surface area contributed by atoms with Crippen LogP contribution in [0.5, 0.6) is 0 Å². The first-order chi connectivity index (χ1) is 14.7. The molecule has 1 amide bonds. The van der Waals surface area contributed by atoms with Gasteiger partial charge < -0.3 is 4.84 Å². The number of hydrogen-bond acceptors (Lipinski definition) is 5. The minimum absolute atomic E-state index is 0.131. The molecule has 0 saturated carbocycles. The molecule has 2 aliphatic rings. The molecule has 0 aromatic heterocycles. The maximum atomic E-state index is 12.2. The summed E-state index contributed by atoms with van der Waals surface area (Å²) in [5.41, 5.74) is 6.99. The Morgan fingerprint density at radius 3 is 2.35 bits per heavy atom. The minimum atomic E-state index is -0.474. The summed E-state index contributed by atoms with van der Waals surface area (Å²) in [7, 11) is 0. The normalized spacial score (nSPS) is 18.4. The second kappa shape index (κ2) is 8.80. The van der Waals surface area contributed by atoms with Crippen molar-refractivity contribution in [3.8, 4) is 0 Å². The van der Waals surface area contributed by atoms with Crippen LogP contribution in [0, 0.1) is 3.57 Å². The van der Waals surface area contributed by atoms with Crippen molar-refractivity contribution in [1.29, 1.82) is 0 Å². The van der Waals surface area contributed by atoms with Crippen molar-refractivity contribution in [2.75, 3.05) is 18.4 Å². The Labute approximate surface area is 197 Å². The third-order valence-corrected chi connectivity index (χ3v) is 6.42. The lowest BCUT2D eigenvalue weighted by Gasteiger charge is -2.35. The lowest BCUT2D eigenvalue weighted by Crippen LogP contribution is -2.45. The number of nitrogens with zero attached hydrogens (tertiary/aromatic N) is 1. The van der Waals surface area contributed by atoms with E-state index in [1.54, 1.807) is 5.06 Å². The van der Waals surface area contributed by atoms with Crippen LogP contribution < -0.4 is 10.8 Å². The largest absolute Gasteiger partial charge is 0.430 e. The van der Waals surface area contributed by atoms with Crippen LogP contribution in [0.3, 0.4) is 0 Å². The number of amides is 1. The van der Waals surface area contributed by atoms with Crippen LogP contribution in [-0.2, 0) is 15.1 Å². The Morgan fingerprint density at radius 1 is 1.10 bits per heavy atom. The van der Waals surface area contributed by atoms with Gasteiger partial charge in [-0.05, 0) is 82.3 Å². The van der Waals surface area contributed by atoms with Crippen LogP contribution in [-0.4, -0.2) is 29.8 Å². The molecular weight excluding hydrogens is 505 g/mol. The van der Waals surface area contributed by atoms with Crippen molar-refractivity contribution < 1.29 is 14.5 Å². The third kappa shape index (κ3) is 5.39. The molecule has 1 fully saturated rings. The van der Waals surface area contributed by atoms with Gasteiger partial charge in [0.2, 0.25) is 0 Å². The first-order valence-electron chi connectivity index (χ1n) is 10.5. The molecule has 0 radical (unpaired) electrons. The summed E-state index contributed by atoms with van der Waals surface area (Å²) < 4.78 is 1.11. The first-order valence-corrected chi connectivity index (χ1v) is 11.6. The number of rotatable bonds is 3. The number of piperidine rings is 1. The van der Waals surface area contributed by atoms with Crippen LogP contribution in [0.4, 0.5) is 10.5 Å². The van der Waals surface area contributed by atoms with Gasteiger partial charge in [-0.2, -0.15) is 0 Å². The predicted molar refractivity (Wildman–Crippen MR) is 130 cm³/mol. The number of hydrogen-bond donors (Lipinski definition) is 2. The molecule has 7 heteroatoms. The van der Waals surface area contributed by atoms with Gasteiger partial charge in [0.1, 0.15) is 5.60 Å². The molecule has 164 valence electrons. The maximum absolute atomic E-state index is 12.2. The number of nitrogens with one attached hydrogen (secondary N) is 2. The molecule has 0 unspecified atom stereocenters. The molecule has 2 aromatic carbocycles. The Balaban J connectivity index is 1.32. The molecule has 0 aliphatic carbocycles. The average molecular weight is 533 g/mol. The summed E-state index contributed by atoms with van der Waals surface area (Å²) in [6, 6.07) is 16.2. The Kier molecular flexibility index (Phi) is 6.27. The molecular formula is C24H28IN3O3. The topological polar surface area (TPSA) is 62.8 Å². The van der Waals surface area contributed by atoms with E-state index < -0.39 is 6.09 Å². The van der Waals surface area contributed by atoms with Crippen LogP contribution in [0.2, 0.25) is 0 Å². The summed E-state index contributed by atoms with van der Waals surface area (Å²) in [6.07, 6.45) is 3.17. The summed E-state index contributed by atoms with van der Waals surface area (Å²) in [5, 5.41) is 4.45. The second-order valence-corrected chi connectivity index (χ2v) is 10.3. The van der Waals surface area contributed by atoms with Gasteiger partial charge in [-0.15, -0.1) is 5.06 Å². The lowest BCUT2D eigenvalue weighted by molar-refractivity contribution is -0.153. The van der Waals surface area contributed by atoms with Gasteiger partial charge >= 0.3 is 6.09 Å². The standard InChI is InChI=1S/C24H28IN3O3/c1-23(2,3)18-6-4-17(5-7-18)21-16-24(31-27-21)12-14-28(15-13-24)30-22(29)26-20-10-8-19(25)9-11-20/h4-11,16,27H,12-15H2,1-3H3,(H,26,29). The number of anilines is 1. The number of hydroxylamine groups is 3. The molecule has 1 saturated heterocycles. The first kappa shape index (κ1) is 22.1. The SMILES string of the molecule is CC(C)(C)c1ccc(C2=CC3(CCN(OC(=O)Nc4ccc(I)cc4)CC3)ON2)cc1. The summed E-state index contributed by atoms with van der Waals surface area (Å²) >= 11 is 2.23. The van der Waals surface area contributed by atoms with E-state index in [2.05, 4.69) is 84.5 Å². The van der Waals surface area contributed by atoms with E-state index in [4.69, 9.17) is 9.68 Å². The Morgan fingerprint density at radius 2 is 1.74 bits per heavy atom. The van der Waals surface area contributed by atoms with E-state index in [0.29, 0.717) is 18.8 Å². The molecule has 1 spiro atoms. The highest BCUT2D eigenvalue weighted by Crippen LogP contribution is 2.35. The van der Waals surface area contributed by atoms with Crippen LogP contribution in [0.1, 0.15) is 44.7 Å². The third-order valence-electron chi connectivity index (χ3n) is 5.70. The van der Waals surface area contributed by atoms with E-state index in [1.807, 2.05) is 24.3 Å². The van der Waals surface area contributed by atoms with E-state index in [0.717, 1.165) is 27.7 Å². The molecule has 0 atom stereocenters. The number of halogens is 1. The van der Waals surface area contributed by atoms with Gasteiger partial charge in [0, 0.05) is 22.3 Å². The Hall–Kier alpha value is -2.10. The van der Waals surface area contributed by atoms with Gasteiger partial charge in [-0.3, -0.25) is 15.6 Å². The zero-order valence-electron chi connectivity index (χ0n) is 18.1. The minimum Gasteiger partial charge on any atom is -0.351 e. The lowest BCUT2D eigenvalue weighted by atomic mass is 9.86.